The van der Waals surface area contributed by atoms with E-state index in [1.807, 2.05) is 59.7 Å². The van der Waals surface area contributed by atoms with Crippen LogP contribution in [0.2, 0.25) is 0 Å². The molecule has 3 heterocycles. The molecular weight excluding hydrogens is 344 g/mol. The minimum Gasteiger partial charge on any atom is -0.444 e. The lowest BCUT2D eigenvalue weighted by Crippen LogP contribution is -2.55. The molecule has 1 amide bonds. The van der Waals surface area contributed by atoms with E-state index in [2.05, 4.69) is 20.2 Å². The summed E-state index contributed by atoms with van der Waals surface area (Å²) in [5.41, 5.74) is 1.48. The Morgan fingerprint density at radius 1 is 1.15 bits per heavy atom. The fourth-order valence-electron chi connectivity index (χ4n) is 3.22. The zero-order valence-corrected chi connectivity index (χ0v) is 16.9. The first kappa shape index (κ1) is 19.1. The van der Waals surface area contributed by atoms with E-state index in [-0.39, 0.29) is 12.1 Å². The quantitative estimate of drug-likeness (QED) is 0.807. The highest BCUT2D eigenvalue weighted by Gasteiger charge is 2.31. The Morgan fingerprint density at radius 2 is 1.81 bits per heavy atom. The normalized spacial score (nSPS) is 17.9. The predicted octanol–water partition coefficient (Wildman–Crippen LogP) is 2.72. The third-order valence-electron chi connectivity index (χ3n) is 4.44. The summed E-state index contributed by atoms with van der Waals surface area (Å²) in [7, 11) is 0. The van der Waals surface area contributed by atoms with Crippen LogP contribution in [0.3, 0.4) is 0 Å². The first-order chi connectivity index (χ1) is 12.6. The second-order valence-corrected chi connectivity index (χ2v) is 8.06. The second kappa shape index (κ2) is 7.17. The Balaban J connectivity index is 1.67. The fraction of sp³-hybridized carbons (Fsp3) is 0.579. The number of amides is 1. The van der Waals surface area contributed by atoms with Gasteiger partial charge < -0.3 is 14.5 Å². The van der Waals surface area contributed by atoms with Crippen LogP contribution in [0.1, 0.15) is 39.1 Å². The smallest absolute Gasteiger partial charge is 0.410 e. The van der Waals surface area contributed by atoms with Crippen molar-refractivity contribution in [1.29, 1.82) is 0 Å². The van der Waals surface area contributed by atoms with E-state index in [1.165, 1.54) is 0 Å². The molecule has 0 bridgehead atoms. The molecule has 8 heteroatoms. The highest BCUT2D eigenvalue weighted by atomic mass is 16.6. The molecule has 3 rings (SSSR count). The predicted molar refractivity (Wildman–Crippen MR) is 103 cm³/mol. The average molecular weight is 372 g/mol. The van der Waals surface area contributed by atoms with E-state index in [9.17, 15) is 4.79 Å². The Labute approximate surface area is 160 Å². The van der Waals surface area contributed by atoms with Crippen LogP contribution < -0.4 is 4.90 Å². The number of aromatic nitrogens is 4. The Bertz CT molecular complexity index is 809. The van der Waals surface area contributed by atoms with Crippen molar-refractivity contribution < 1.29 is 9.53 Å². The maximum atomic E-state index is 12.4. The summed E-state index contributed by atoms with van der Waals surface area (Å²) in [6, 6.07) is 5.92. The Morgan fingerprint density at radius 3 is 2.33 bits per heavy atom. The molecular formula is C19H28N6O2. The number of aryl methyl sites for hydroxylation is 2. The van der Waals surface area contributed by atoms with Crippen LogP contribution >= 0.6 is 0 Å². The van der Waals surface area contributed by atoms with Gasteiger partial charge in [-0.3, -0.25) is 0 Å². The van der Waals surface area contributed by atoms with Gasteiger partial charge in [-0.2, -0.15) is 5.10 Å². The van der Waals surface area contributed by atoms with Gasteiger partial charge in [0.25, 0.3) is 0 Å². The van der Waals surface area contributed by atoms with E-state index < -0.39 is 5.60 Å². The van der Waals surface area contributed by atoms with E-state index >= 15 is 0 Å². The van der Waals surface area contributed by atoms with Gasteiger partial charge in [0.2, 0.25) is 0 Å². The monoisotopic (exact) mass is 372 g/mol. The largest absolute Gasteiger partial charge is 0.444 e. The maximum absolute atomic E-state index is 12.4. The van der Waals surface area contributed by atoms with Crippen LogP contribution in [0.15, 0.2) is 18.2 Å². The van der Waals surface area contributed by atoms with Crippen molar-refractivity contribution in [2.45, 2.75) is 53.2 Å². The van der Waals surface area contributed by atoms with Crippen molar-refractivity contribution in [3.05, 3.63) is 29.6 Å². The lowest BCUT2D eigenvalue weighted by Gasteiger charge is -2.40. The summed E-state index contributed by atoms with van der Waals surface area (Å²) in [6.07, 6.45) is -0.263. The zero-order chi connectivity index (χ0) is 19.8. The summed E-state index contributed by atoms with van der Waals surface area (Å²) < 4.78 is 7.28. The number of anilines is 1. The molecule has 27 heavy (non-hydrogen) atoms. The number of nitrogens with zero attached hydrogens (tertiary/aromatic N) is 6. The summed E-state index contributed by atoms with van der Waals surface area (Å²) >= 11 is 0. The van der Waals surface area contributed by atoms with E-state index in [0.717, 1.165) is 17.2 Å². The molecule has 1 aliphatic rings. The van der Waals surface area contributed by atoms with Crippen LogP contribution in [-0.2, 0) is 4.74 Å². The van der Waals surface area contributed by atoms with Gasteiger partial charge in [-0.05, 0) is 59.7 Å². The molecule has 146 valence electrons. The van der Waals surface area contributed by atoms with Crippen molar-refractivity contribution in [2.24, 2.45) is 0 Å². The topological polar surface area (TPSA) is 76.4 Å². The summed E-state index contributed by atoms with van der Waals surface area (Å²) in [5.74, 6) is 1.50. The molecule has 0 spiro atoms. The fourth-order valence-corrected chi connectivity index (χ4v) is 3.22. The summed E-state index contributed by atoms with van der Waals surface area (Å²) in [6.45, 7) is 13.6. The van der Waals surface area contributed by atoms with Gasteiger partial charge in [-0.1, -0.05) is 0 Å². The van der Waals surface area contributed by atoms with Crippen LogP contribution in [0.5, 0.6) is 0 Å². The molecule has 1 aliphatic heterocycles. The van der Waals surface area contributed by atoms with Crippen molar-refractivity contribution in [3.63, 3.8) is 0 Å². The molecule has 0 saturated carbocycles. The number of carbonyl (C=O) groups excluding carboxylic acids is 1. The third kappa shape index (κ3) is 4.37. The molecule has 2 aromatic heterocycles. The number of piperazine rings is 1. The van der Waals surface area contributed by atoms with Crippen LogP contribution in [0.4, 0.5) is 10.6 Å². The highest BCUT2D eigenvalue weighted by molar-refractivity contribution is 5.69. The average Bonchev–Trinajstić information content (AvgIpc) is 2.91. The first-order valence-corrected chi connectivity index (χ1v) is 9.26. The van der Waals surface area contributed by atoms with Crippen molar-refractivity contribution in [3.8, 4) is 5.82 Å². The first-order valence-electron chi connectivity index (χ1n) is 9.26. The number of carbonyl (C=O) groups is 1. The van der Waals surface area contributed by atoms with Gasteiger partial charge in [0.1, 0.15) is 5.60 Å². The van der Waals surface area contributed by atoms with Crippen LogP contribution in [0.25, 0.3) is 5.82 Å². The van der Waals surface area contributed by atoms with Crippen molar-refractivity contribution in [1.82, 2.24) is 24.9 Å². The Hall–Kier alpha value is -2.64. The third-order valence-corrected chi connectivity index (χ3v) is 4.44. The molecule has 1 atom stereocenters. The molecule has 0 radical (unpaired) electrons. The number of hydrogen-bond donors (Lipinski definition) is 0. The van der Waals surface area contributed by atoms with Gasteiger partial charge in [-0.25, -0.2) is 9.48 Å². The lowest BCUT2D eigenvalue weighted by molar-refractivity contribution is 0.0158. The molecule has 0 N–H and O–H groups in total. The standard InChI is InChI=1S/C19H28N6O2/c1-13-11-14(2)25(22-13)17-8-7-16(20-21-17)23-9-10-24(15(3)12-23)18(26)27-19(4,5)6/h7-8,11,15H,9-10,12H2,1-6H3/t15-/m1/s1. The molecule has 0 unspecified atom stereocenters. The van der Waals surface area contributed by atoms with E-state index in [0.29, 0.717) is 25.5 Å². The summed E-state index contributed by atoms with van der Waals surface area (Å²) in [4.78, 5) is 16.3. The molecule has 2 aromatic rings. The number of rotatable bonds is 2. The number of ether oxygens (including phenoxy) is 1. The highest BCUT2D eigenvalue weighted by Crippen LogP contribution is 2.20. The minimum atomic E-state index is -0.488. The molecule has 8 nitrogen and oxygen atoms in total. The van der Waals surface area contributed by atoms with E-state index in [4.69, 9.17) is 4.74 Å². The van der Waals surface area contributed by atoms with E-state index in [1.54, 1.807) is 9.58 Å². The van der Waals surface area contributed by atoms with Gasteiger partial charge >= 0.3 is 6.09 Å². The van der Waals surface area contributed by atoms with Gasteiger partial charge in [-0.15, -0.1) is 10.2 Å². The van der Waals surface area contributed by atoms with Crippen molar-refractivity contribution in [2.75, 3.05) is 24.5 Å². The minimum absolute atomic E-state index is 0.0334. The zero-order valence-electron chi connectivity index (χ0n) is 16.9. The summed E-state index contributed by atoms with van der Waals surface area (Å²) in [5, 5.41) is 13.1. The van der Waals surface area contributed by atoms with Crippen LogP contribution in [-0.4, -0.2) is 62.2 Å². The number of hydrogen-bond acceptors (Lipinski definition) is 6. The van der Waals surface area contributed by atoms with Crippen molar-refractivity contribution >= 4 is 11.9 Å². The van der Waals surface area contributed by atoms with Gasteiger partial charge in [0, 0.05) is 31.4 Å². The molecule has 0 aromatic carbocycles. The second-order valence-electron chi connectivity index (χ2n) is 8.06. The van der Waals surface area contributed by atoms with Gasteiger partial charge in [0.05, 0.1) is 5.69 Å². The SMILES string of the molecule is Cc1cc(C)n(-c2ccc(N3CCN(C(=O)OC(C)(C)C)[C@H](C)C3)nn2)n1. The maximum Gasteiger partial charge on any atom is 0.410 e. The van der Waals surface area contributed by atoms with Crippen LogP contribution in [0, 0.1) is 13.8 Å². The Kier molecular flexibility index (Phi) is 5.08. The molecule has 0 aliphatic carbocycles. The molecule has 1 saturated heterocycles. The lowest BCUT2D eigenvalue weighted by atomic mass is 10.2. The van der Waals surface area contributed by atoms with Gasteiger partial charge in [0.15, 0.2) is 11.6 Å². The molecule has 1 fully saturated rings.